The summed E-state index contributed by atoms with van der Waals surface area (Å²) in [5, 5.41) is 1.49. The first-order valence-corrected chi connectivity index (χ1v) is 9.42. The van der Waals surface area contributed by atoms with Crippen LogP contribution in [0.25, 0.3) is 22.2 Å². The first kappa shape index (κ1) is 17.0. The Morgan fingerprint density at radius 3 is 2.38 bits per heavy atom. The smallest absolute Gasteiger partial charge is 0.291 e. The molecule has 0 saturated carbocycles. The summed E-state index contributed by atoms with van der Waals surface area (Å²) in [7, 11) is 0. The molecule has 5 heteroatoms. The number of fused-ring (bicyclic) bond motifs is 1. The average Bonchev–Trinajstić information content (AvgIpc) is 2.97. The standard InChI is InChI=1S/C21H20ClN3O/c22-16-10-11-18-17(14-16)19(15-8-4-3-5-9-15)24-20(23-18)21(26)25-12-6-1-2-7-13-25/h3-5,8-11,14H,1-2,6-7,12-13H2. The van der Waals surface area contributed by atoms with Crippen LogP contribution in [0.3, 0.4) is 0 Å². The van der Waals surface area contributed by atoms with E-state index in [4.69, 9.17) is 11.6 Å². The Hall–Kier alpha value is -2.46. The Morgan fingerprint density at radius 1 is 0.923 bits per heavy atom. The van der Waals surface area contributed by atoms with Gasteiger partial charge in [0.15, 0.2) is 0 Å². The maximum absolute atomic E-state index is 13.0. The Labute approximate surface area is 157 Å². The monoisotopic (exact) mass is 365 g/mol. The minimum Gasteiger partial charge on any atom is -0.336 e. The predicted molar refractivity (Wildman–Crippen MR) is 104 cm³/mol. The van der Waals surface area contributed by atoms with Gasteiger partial charge in [0.1, 0.15) is 0 Å². The van der Waals surface area contributed by atoms with E-state index in [-0.39, 0.29) is 11.7 Å². The molecule has 1 aliphatic rings. The molecule has 2 aromatic carbocycles. The summed E-state index contributed by atoms with van der Waals surface area (Å²) in [4.78, 5) is 24.1. The van der Waals surface area contributed by atoms with Gasteiger partial charge in [0, 0.05) is 29.1 Å². The summed E-state index contributed by atoms with van der Waals surface area (Å²) in [6.45, 7) is 1.56. The molecule has 1 fully saturated rings. The zero-order valence-corrected chi connectivity index (χ0v) is 15.2. The molecular formula is C21H20ClN3O. The number of aromatic nitrogens is 2. The molecule has 2 heterocycles. The molecule has 26 heavy (non-hydrogen) atoms. The molecule has 4 rings (SSSR count). The molecule has 0 aliphatic carbocycles. The van der Waals surface area contributed by atoms with E-state index in [2.05, 4.69) is 9.97 Å². The van der Waals surface area contributed by atoms with Crippen LogP contribution in [0.2, 0.25) is 5.02 Å². The number of rotatable bonds is 2. The zero-order valence-electron chi connectivity index (χ0n) is 14.5. The van der Waals surface area contributed by atoms with Gasteiger partial charge in [0.05, 0.1) is 11.2 Å². The molecular weight excluding hydrogens is 346 g/mol. The van der Waals surface area contributed by atoms with Gasteiger partial charge in [-0.25, -0.2) is 9.97 Å². The lowest BCUT2D eigenvalue weighted by Gasteiger charge is -2.20. The third-order valence-electron chi connectivity index (χ3n) is 4.79. The van der Waals surface area contributed by atoms with Crippen LogP contribution in [0.1, 0.15) is 36.3 Å². The highest BCUT2D eigenvalue weighted by Crippen LogP contribution is 2.28. The summed E-state index contributed by atoms with van der Waals surface area (Å²) in [5.74, 6) is 0.182. The van der Waals surface area contributed by atoms with Crippen molar-refractivity contribution >= 4 is 28.4 Å². The van der Waals surface area contributed by atoms with Gasteiger partial charge in [-0.15, -0.1) is 0 Å². The van der Waals surface area contributed by atoms with Gasteiger partial charge in [-0.3, -0.25) is 4.79 Å². The normalized spacial score (nSPS) is 15.0. The molecule has 1 amide bonds. The number of nitrogens with zero attached hydrogens (tertiary/aromatic N) is 3. The molecule has 0 bridgehead atoms. The Bertz CT molecular complexity index is 935. The third-order valence-corrected chi connectivity index (χ3v) is 5.02. The molecule has 1 aliphatic heterocycles. The van der Waals surface area contributed by atoms with Gasteiger partial charge in [-0.05, 0) is 31.0 Å². The highest BCUT2D eigenvalue weighted by molar-refractivity contribution is 6.31. The van der Waals surface area contributed by atoms with Crippen molar-refractivity contribution in [3.63, 3.8) is 0 Å². The van der Waals surface area contributed by atoms with Gasteiger partial charge >= 0.3 is 0 Å². The average molecular weight is 366 g/mol. The second kappa shape index (κ2) is 7.42. The number of hydrogen-bond acceptors (Lipinski definition) is 3. The SMILES string of the molecule is O=C(c1nc(-c2ccccc2)c2cc(Cl)ccc2n1)N1CCCCCC1. The predicted octanol–water partition coefficient (Wildman–Crippen LogP) is 4.97. The maximum Gasteiger partial charge on any atom is 0.291 e. The summed E-state index contributed by atoms with van der Waals surface area (Å²) < 4.78 is 0. The van der Waals surface area contributed by atoms with Crippen LogP contribution in [0.4, 0.5) is 0 Å². The number of amides is 1. The van der Waals surface area contributed by atoms with E-state index in [0.29, 0.717) is 5.02 Å². The Morgan fingerprint density at radius 2 is 1.65 bits per heavy atom. The summed E-state index contributed by atoms with van der Waals surface area (Å²) in [5.41, 5.74) is 2.43. The van der Waals surface area contributed by atoms with Crippen molar-refractivity contribution in [2.45, 2.75) is 25.7 Å². The van der Waals surface area contributed by atoms with Crippen molar-refractivity contribution in [1.82, 2.24) is 14.9 Å². The van der Waals surface area contributed by atoms with E-state index < -0.39 is 0 Å². The molecule has 4 nitrogen and oxygen atoms in total. The van der Waals surface area contributed by atoms with Crippen molar-refractivity contribution in [2.24, 2.45) is 0 Å². The molecule has 0 atom stereocenters. The van der Waals surface area contributed by atoms with Crippen LogP contribution in [0, 0.1) is 0 Å². The minimum atomic E-state index is -0.0825. The van der Waals surface area contributed by atoms with Crippen molar-refractivity contribution in [1.29, 1.82) is 0 Å². The lowest BCUT2D eigenvalue weighted by Crippen LogP contribution is -2.33. The van der Waals surface area contributed by atoms with Crippen LogP contribution < -0.4 is 0 Å². The van der Waals surface area contributed by atoms with Crippen molar-refractivity contribution in [3.05, 3.63) is 59.4 Å². The number of hydrogen-bond donors (Lipinski definition) is 0. The molecule has 0 spiro atoms. The van der Waals surface area contributed by atoms with E-state index in [1.807, 2.05) is 47.4 Å². The van der Waals surface area contributed by atoms with Crippen molar-refractivity contribution < 1.29 is 4.79 Å². The van der Waals surface area contributed by atoms with Crippen molar-refractivity contribution in [2.75, 3.05) is 13.1 Å². The van der Waals surface area contributed by atoms with Crippen LogP contribution in [-0.2, 0) is 0 Å². The topological polar surface area (TPSA) is 46.1 Å². The fourth-order valence-corrected chi connectivity index (χ4v) is 3.60. The molecule has 3 aromatic rings. The number of carbonyl (C=O) groups is 1. The lowest BCUT2D eigenvalue weighted by molar-refractivity contribution is 0.0750. The highest BCUT2D eigenvalue weighted by atomic mass is 35.5. The van der Waals surface area contributed by atoms with Gasteiger partial charge in [-0.1, -0.05) is 54.8 Å². The van der Waals surface area contributed by atoms with Crippen LogP contribution in [0.15, 0.2) is 48.5 Å². The Kier molecular flexibility index (Phi) is 4.85. The van der Waals surface area contributed by atoms with Gasteiger partial charge < -0.3 is 4.90 Å². The minimum absolute atomic E-state index is 0.0825. The number of benzene rings is 2. The Balaban J connectivity index is 1.83. The summed E-state index contributed by atoms with van der Waals surface area (Å²) in [6.07, 6.45) is 4.44. The summed E-state index contributed by atoms with van der Waals surface area (Å²) >= 11 is 6.19. The molecule has 0 unspecified atom stereocenters. The fourth-order valence-electron chi connectivity index (χ4n) is 3.43. The number of likely N-dealkylation sites (tertiary alicyclic amines) is 1. The van der Waals surface area contributed by atoms with E-state index >= 15 is 0 Å². The molecule has 0 radical (unpaired) electrons. The summed E-state index contributed by atoms with van der Waals surface area (Å²) in [6, 6.07) is 15.4. The second-order valence-electron chi connectivity index (χ2n) is 6.63. The molecule has 1 saturated heterocycles. The zero-order chi connectivity index (χ0) is 17.9. The quantitative estimate of drug-likeness (QED) is 0.644. The van der Waals surface area contributed by atoms with Gasteiger partial charge in [-0.2, -0.15) is 0 Å². The first-order chi connectivity index (χ1) is 12.7. The molecule has 1 aromatic heterocycles. The van der Waals surface area contributed by atoms with E-state index in [9.17, 15) is 4.79 Å². The van der Waals surface area contributed by atoms with Crippen molar-refractivity contribution in [3.8, 4) is 11.3 Å². The van der Waals surface area contributed by atoms with Gasteiger partial charge in [0.2, 0.25) is 5.82 Å². The van der Waals surface area contributed by atoms with Crippen LogP contribution >= 0.6 is 11.6 Å². The number of halogens is 1. The lowest BCUT2D eigenvalue weighted by atomic mass is 10.1. The largest absolute Gasteiger partial charge is 0.336 e. The van der Waals surface area contributed by atoms with E-state index in [0.717, 1.165) is 48.1 Å². The van der Waals surface area contributed by atoms with Crippen LogP contribution in [-0.4, -0.2) is 33.9 Å². The van der Waals surface area contributed by atoms with Crippen LogP contribution in [0.5, 0.6) is 0 Å². The highest BCUT2D eigenvalue weighted by Gasteiger charge is 2.22. The number of carbonyl (C=O) groups excluding carboxylic acids is 1. The molecule has 132 valence electrons. The van der Waals surface area contributed by atoms with E-state index in [1.54, 1.807) is 6.07 Å². The molecule has 0 N–H and O–H groups in total. The first-order valence-electron chi connectivity index (χ1n) is 9.04. The second-order valence-corrected chi connectivity index (χ2v) is 7.07. The van der Waals surface area contributed by atoms with E-state index in [1.165, 1.54) is 12.8 Å². The maximum atomic E-state index is 13.0. The van der Waals surface area contributed by atoms with Gasteiger partial charge in [0.25, 0.3) is 5.91 Å². The third kappa shape index (κ3) is 3.42. The fraction of sp³-hybridized carbons (Fsp3) is 0.286.